The molecule has 0 aliphatic carbocycles. The molecule has 20 heavy (non-hydrogen) atoms. The van der Waals surface area contributed by atoms with E-state index in [1.54, 1.807) is 0 Å². The summed E-state index contributed by atoms with van der Waals surface area (Å²) in [5.41, 5.74) is 0. The number of benzene rings is 1. The SMILES string of the molecule is COc1cc(F)c(S(=O)(=O)NCCC(=O)O)cc1OC. The van der Waals surface area contributed by atoms with Gasteiger partial charge in [0.15, 0.2) is 11.5 Å². The van der Waals surface area contributed by atoms with Crippen LogP contribution in [0.2, 0.25) is 0 Å². The number of carboxylic acids is 1. The fraction of sp³-hybridized carbons (Fsp3) is 0.364. The minimum absolute atomic E-state index is 0.0486. The van der Waals surface area contributed by atoms with Crippen LogP contribution in [0.4, 0.5) is 4.39 Å². The van der Waals surface area contributed by atoms with Crippen molar-refractivity contribution in [3.8, 4) is 11.5 Å². The van der Waals surface area contributed by atoms with Gasteiger partial charge in [0.2, 0.25) is 10.0 Å². The largest absolute Gasteiger partial charge is 0.493 e. The molecule has 1 aromatic carbocycles. The monoisotopic (exact) mass is 307 g/mol. The molecule has 112 valence electrons. The number of rotatable bonds is 7. The second-order valence-electron chi connectivity index (χ2n) is 3.68. The van der Waals surface area contributed by atoms with E-state index in [1.807, 2.05) is 4.72 Å². The van der Waals surface area contributed by atoms with E-state index in [4.69, 9.17) is 14.6 Å². The second kappa shape index (κ2) is 6.53. The number of carboxylic acid groups (broad SMARTS) is 1. The molecule has 1 rings (SSSR count). The molecule has 0 aromatic heterocycles. The smallest absolute Gasteiger partial charge is 0.304 e. The topological polar surface area (TPSA) is 102 Å². The van der Waals surface area contributed by atoms with Gasteiger partial charge in [-0.3, -0.25) is 4.79 Å². The highest BCUT2D eigenvalue weighted by Crippen LogP contribution is 2.31. The van der Waals surface area contributed by atoms with Crippen molar-refractivity contribution in [2.75, 3.05) is 20.8 Å². The van der Waals surface area contributed by atoms with Crippen LogP contribution in [-0.4, -0.2) is 40.3 Å². The van der Waals surface area contributed by atoms with Crippen LogP contribution < -0.4 is 14.2 Å². The van der Waals surface area contributed by atoms with E-state index in [0.29, 0.717) is 0 Å². The van der Waals surface area contributed by atoms with E-state index in [9.17, 15) is 17.6 Å². The zero-order valence-electron chi connectivity index (χ0n) is 10.8. The van der Waals surface area contributed by atoms with Crippen LogP contribution in [0.5, 0.6) is 11.5 Å². The number of ether oxygens (including phenoxy) is 2. The highest BCUT2D eigenvalue weighted by Gasteiger charge is 2.22. The maximum atomic E-state index is 13.8. The van der Waals surface area contributed by atoms with Gasteiger partial charge in [0.05, 0.1) is 20.6 Å². The molecule has 0 saturated heterocycles. The number of sulfonamides is 1. The predicted molar refractivity (Wildman–Crippen MR) is 66.9 cm³/mol. The summed E-state index contributed by atoms with van der Waals surface area (Å²) >= 11 is 0. The molecule has 9 heteroatoms. The third-order valence-corrected chi connectivity index (χ3v) is 3.83. The van der Waals surface area contributed by atoms with Crippen LogP contribution >= 0.6 is 0 Å². The number of carbonyl (C=O) groups is 1. The lowest BCUT2D eigenvalue weighted by atomic mass is 10.3. The Bertz CT molecular complexity index is 601. The molecule has 0 unspecified atom stereocenters. The maximum Gasteiger partial charge on any atom is 0.304 e. The molecule has 2 N–H and O–H groups in total. The summed E-state index contributed by atoms with van der Waals surface area (Å²) < 4.78 is 49.2. The van der Waals surface area contributed by atoms with Gasteiger partial charge in [-0.05, 0) is 0 Å². The van der Waals surface area contributed by atoms with E-state index in [1.165, 1.54) is 14.2 Å². The van der Waals surface area contributed by atoms with Gasteiger partial charge in [-0.15, -0.1) is 0 Å². The van der Waals surface area contributed by atoms with Crippen LogP contribution in [0, 0.1) is 5.82 Å². The average molecular weight is 307 g/mol. The van der Waals surface area contributed by atoms with E-state index < -0.39 is 33.1 Å². The molecule has 0 amide bonds. The molecule has 0 radical (unpaired) electrons. The summed E-state index contributed by atoms with van der Waals surface area (Å²) in [6.45, 7) is -0.342. The fourth-order valence-electron chi connectivity index (χ4n) is 1.41. The third-order valence-electron chi connectivity index (χ3n) is 2.36. The Hall–Kier alpha value is -1.87. The lowest BCUT2D eigenvalue weighted by molar-refractivity contribution is -0.136. The highest BCUT2D eigenvalue weighted by molar-refractivity contribution is 7.89. The Morgan fingerprint density at radius 2 is 1.85 bits per heavy atom. The summed E-state index contributed by atoms with van der Waals surface area (Å²) in [6.07, 6.45) is -0.409. The van der Waals surface area contributed by atoms with E-state index in [0.717, 1.165) is 12.1 Å². The number of hydrogen-bond acceptors (Lipinski definition) is 5. The standard InChI is InChI=1S/C11H14FNO6S/c1-18-8-5-7(12)10(6-9(8)19-2)20(16,17)13-4-3-11(14)15/h5-6,13H,3-4H2,1-2H3,(H,14,15). The lowest BCUT2D eigenvalue weighted by Gasteiger charge is -2.11. The molecule has 0 atom stereocenters. The van der Waals surface area contributed by atoms with Crippen molar-refractivity contribution in [3.05, 3.63) is 17.9 Å². The maximum absolute atomic E-state index is 13.8. The van der Waals surface area contributed by atoms with Crippen LogP contribution in [0.3, 0.4) is 0 Å². The molecule has 0 aliphatic heterocycles. The Morgan fingerprint density at radius 3 is 2.35 bits per heavy atom. The van der Waals surface area contributed by atoms with Crippen LogP contribution in [-0.2, 0) is 14.8 Å². The van der Waals surface area contributed by atoms with Crippen LogP contribution in [0.25, 0.3) is 0 Å². The van der Waals surface area contributed by atoms with Crippen molar-refractivity contribution in [1.29, 1.82) is 0 Å². The summed E-state index contributed by atoms with van der Waals surface area (Å²) in [6, 6.07) is 1.85. The van der Waals surface area contributed by atoms with Gasteiger partial charge in [0, 0.05) is 18.7 Å². The molecule has 0 fully saturated rings. The number of aliphatic carboxylic acids is 1. The summed E-state index contributed by atoms with van der Waals surface area (Å²) in [7, 11) is -1.60. The highest BCUT2D eigenvalue weighted by atomic mass is 32.2. The molecule has 0 aliphatic rings. The second-order valence-corrected chi connectivity index (χ2v) is 5.41. The fourth-order valence-corrected chi connectivity index (χ4v) is 2.52. The Balaban J connectivity index is 3.08. The van der Waals surface area contributed by atoms with Gasteiger partial charge in [-0.1, -0.05) is 0 Å². The Kier molecular flexibility index (Phi) is 5.28. The van der Waals surface area contributed by atoms with Crippen LogP contribution in [0.15, 0.2) is 17.0 Å². The van der Waals surface area contributed by atoms with Gasteiger partial charge in [-0.2, -0.15) is 0 Å². The quantitative estimate of drug-likeness (QED) is 0.764. The normalized spacial score (nSPS) is 11.2. The van der Waals surface area contributed by atoms with Gasteiger partial charge in [0.25, 0.3) is 0 Å². The van der Waals surface area contributed by atoms with E-state index >= 15 is 0 Å². The van der Waals surface area contributed by atoms with Crippen LogP contribution in [0.1, 0.15) is 6.42 Å². The average Bonchev–Trinajstić information content (AvgIpc) is 2.37. The zero-order chi connectivity index (χ0) is 15.3. The molecule has 0 saturated carbocycles. The van der Waals surface area contributed by atoms with Crippen molar-refractivity contribution < 1.29 is 32.2 Å². The van der Waals surface area contributed by atoms with Gasteiger partial charge in [-0.25, -0.2) is 17.5 Å². The summed E-state index contributed by atoms with van der Waals surface area (Å²) in [4.78, 5) is 9.69. The van der Waals surface area contributed by atoms with Crippen molar-refractivity contribution >= 4 is 16.0 Å². The van der Waals surface area contributed by atoms with Crippen molar-refractivity contribution in [1.82, 2.24) is 4.72 Å². The number of nitrogens with one attached hydrogen (secondary N) is 1. The molecule has 0 spiro atoms. The van der Waals surface area contributed by atoms with Crippen molar-refractivity contribution in [3.63, 3.8) is 0 Å². The van der Waals surface area contributed by atoms with Crippen molar-refractivity contribution in [2.45, 2.75) is 11.3 Å². The van der Waals surface area contributed by atoms with Gasteiger partial charge < -0.3 is 14.6 Å². The van der Waals surface area contributed by atoms with E-state index in [-0.39, 0.29) is 18.0 Å². The zero-order valence-corrected chi connectivity index (χ0v) is 11.7. The third kappa shape index (κ3) is 3.81. The van der Waals surface area contributed by atoms with E-state index in [2.05, 4.69) is 0 Å². The Morgan fingerprint density at radius 1 is 1.30 bits per heavy atom. The minimum atomic E-state index is -4.17. The molecular weight excluding hydrogens is 293 g/mol. The molecule has 0 heterocycles. The number of hydrogen-bond donors (Lipinski definition) is 2. The first-order valence-corrected chi connectivity index (χ1v) is 6.93. The first-order valence-electron chi connectivity index (χ1n) is 5.44. The summed E-state index contributed by atoms with van der Waals surface area (Å²) in [5, 5.41) is 8.44. The first kappa shape index (κ1) is 16.2. The molecule has 1 aromatic rings. The summed E-state index contributed by atoms with van der Waals surface area (Å²) in [5.74, 6) is -2.09. The number of halogens is 1. The van der Waals surface area contributed by atoms with Gasteiger partial charge in [0.1, 0.15) is 10.7 Å². The predicted octanol–water partition coefficient (Wildman–Crippen LogP) is 0.596. The van der Waals surface area contributed by atoms with Crippen molar-refractivity contribution in [2.24, 2.45) is 0 Å². The van der Waals surface area contributed by atoms with Gasteiger partial charge >= 0.3 is 5.97 Å². The molecule has 7 nitrogen and oxygen atoms in total. The first-order chi connectivity index (χ1) is 9.31. The Labute approximate surface area is 115 Å². The minimum Gasteiger partial charge on any atom is -0.493 e. The molecular formula is C11H14FNO6S. The lowest BCUT2D eigenvalue weighted by Crippen LogP contribution is -2.27. The molecule has 0 bridgehead atoms. The number of methoxy groups -OCH3 is 2.